The fraction of sp³-hybridized carbons (Fsp3) is 0.459. The van der Waals surface area contributed by atoms with Crippen LogP contribution in [0.3, 0.4) is 0 Å². The molecule has 5 nitrogen and oxygen atoms in total. The fourth-order valence-corrected chi connectivity index (χ4v) is 4.48. The molecule has 1 atom stereocenters. The van der Waals surface area contributed by atoms with Gasteiger partial charge in [0, 0.05) is 6.92 Å². The third-order valence-electron chi connectivity index (χ3n) is 6.97. The Labute approximate surface area is 255 Å². The lowest BCUT2D eigenvalue weighted by molar-refractivity contribution is -0.134. The van der Waals surface area contributed by atoms with Crippen molar-refractivity contribution < 1.29 is 19.4 Å². The number of hydrogen-bond acceptors (Lipinski definition) is 3. The highest BCUT2D eigenvalue weighted by Crippen LogP contribution is 2.28. The van der Waals surface area contributed by atoms with E-state index in [0.717, 1.165) is 47.9 Å². The van der Waals surface area contributed by atoms with Crippen LogP contribution in [-0.2, 0) is 27.2 Å². The average Bonchev–Trinajstić information content (AvgIpc) is 2.98. The van der Waals surface area contributed by atoms with Gasteiger partial charge in [0.15, 0.2) is 0 Å². The molecule has 0 spiro atoms. The average molecular weight is 576 g/mol. The smallest absolute Gasteiger partial charge is 0.300 e. The van der Waals surface area contributed by atoms with Crippen LogP contribution in [0.5, 0.6) is 0 Å². The number of carbonyl (C=O) groups excluding carboxylic acids is 1. The summed E-state index contributed by atoms with van der Waals surface area (Å²) in [4.78, 5) is 24.0. The van der Waals surface area contributed by atoms with Crippen molar-refractivity contribution in [2.45, 2.75) is 105 Å². The Balaban J connectivity index is 0.000000856. The molecule has 0 fully saturated rings. The maximum absolute atomic E-state index is 13.2. The highest BCUT2D eigenvalue weighted by atomic mass is 16.5. The molecule has 0 saturated carbocycles. The molecule has 230 valence electrons. The molecule has 0 aromatic heterocycles. The van der Waals surface area contributed by atoms with Gasteiger partial charge in [0.05, 0.1) is 18.7 Å². The number of nitrogens with zero attached hydrogens (tertiary/aromatic N) is 1. The Kier molecular flexibility index (Phi) is 18.3. The van der Waals surface area contributed by atoms with Gasteiger partial charge in [0.25, 0.3) is 5.97 Å². The second-order valence-electron chi connectivity index (χ2n) is 10.6. The maximum atomic E-state index is 13.2. The molecule has 2 aromatic carbocycles. The van der Waals surface area contributed by atoms with E-state index in [1.807, 2.05) is 54.3 Å². The molecule has 1 N–H and O–H groups in total. The summed E-state index contributed by atoms with van der Waals surface area (Å²) in [6, 6.07) is 18.6. The van der Waals surface area contributed by atoms with Crippen LogP contribution in [0.2, 0.25) is 0 Å². The molecule has 0 bridgehead atoms. The van der Waals surface area contributed by atoms with Gasteiger partial charge in [0.1, 0.15) is 11.9 Å². The molecule has 1 unspecified atom stereocenters. The highest BCUT2D eigenvalue weighted by Gasteiger charge is 2.28. The Hall–Kier alpha value is -3.60. The number of hydrogen-bond donors (Lipinski definition) is 1. The third-order valence-corrected chi connectivity index (χ3v) is 6.97. The van der Waals surface area contributed by atoms with Crippen molar-refractivity contribution in [2.75, 3.05) is 6.54 Å². The van der Waals surface area contributed by atoms with Crippen molar-refractivity contribution in [3.8, 4) is 0 Å². The van der Waals surface area contributed by atoms with Gasteiger partial charge in [-0.1, -0.05) is 127 Å². The number of carboxylic acids is 1. The maximum Gasteiger partial charge on any atom is 0.300 e. The zero-order valence-electron chi connectivity index (χ0n) is 26.8. The fourth-order valence-electron chi connectivity index (χ4n) is 4.48. The number of benzene rings is 2. The molecule has 1 aliphatic rings. The lowest BCUT2D eigenvalue weighted by Gasteiger charge is -2.35. The molecule has 0 aliphatic carbocycles. The molecule has 1 heterocycles. The number of unbranched alkanes of at least 4 members (excludes halogenated alkanes) is 4. The number of allylic oxidation sites excluding steroid dienone is 4. The van der Waals surface area contributed by atoms with Crippen LogP contribution >= 0.6 is 0 Å². The first kappa shape index (κ1) is 36.4. The van der Waals surface area contributed by atoms with Gasteiger partial charge in [-0.3, -0.25) is 9.59 Å². The van der Waals surface area contributed by atoms with E-state index in [2.05, 4.69) is 58.5 Å². The predicted molar refractivity (Wildman–Crippen MR) is 176 cm³/mol. The van der Waals surface area contributed by atoms with Crippen LogP contribution in [0.4, 0.5) is 0 Å². The van der Waals surface area contributed by atoms with E-state index in [1.165, 1.54) is 44.1 Å². The first-order valence-corrected chi connectivity index (χ1v) is 15.5. The minimum Gasteiger partial charge on any atom is -0.487 e. The van der Waals surface area contributed by atoms with Crippen molar-refractivity contribution in [3.63, 3.8) is 0 Å². The Morgan fingerprint density at radius 3 is 2.02 bits per heavy atom. The van der Waals surface area contributed by atoms with Crippen molar-refractivity contribution >= 4 is 17.4 Å². The lowest BCUT2D eigenvalue weighted by Crippen LogP contribution is -2.42. The first-order chi connectivity index (χ1) is 20.2. The summed E-state index contributed by atoms with van der Waals surface area (Å²) >= 11 is 0. The van der Waals surface area contributed by atoms with Crippen LogP contribution in [0.15, 0.2) is 84.8 Å². The molecular weight excluding hydrogens is 522 g/mol. The minimum atomic E-state index is -0.833. The Morgan fingerprint density at radius 1 is 0.929 bits per heavy atom. The van der Waals surface area contributed by atoms with E-state index >= 15 is 0 Å². The summed E-state index contributed by atoms with van der Waals surface area (Å²) in [5, 5.41) is 7.42. The predicted octanol–water partition coefficient (Wildman–Crippen LogP) is 9.39. The first-order valence-electron chi connectivity index (χ1n) is 15.5. The van der Waals surface area contributed by atoms with E-state index < -0.39 is 5.97 Å². The van der Waals surface area contributed by atoms with E-state index in [-0.39, 0.29) is 12.0 Å². The van der Waals surface area contributed by atoms with Crippen LogP contribution in [0.25, 0.3) is 5.57 Å². The van der Waals surface area contributed by atoms with Crippen molar-refractivity contribution in [3.05, 3.63) is 101 Å². The zero-order valence-corrected chi connectivity index (χ0v) is 26.8. The van der Waals surface area contributed by atoms with Gasteiger partial charge < -0.3 is 14.7 Å². The van der Waals surface area contributed by atoms with Crippen LogP contribution in [0, 0.1) is 0 Å². The molecule has 3 rings (SSSR count). The largest absolute Gasteiger partial charge is 0.487 e. The number of amides is 1. The summed E-state index contributed by atoms with van der Waals surface area (Å²) in [6.07, 6.45) is 14.0. The minimum absolute atomic E-state index is 0.0216. The number of aliphatic carboxylic acids is 1. The summed E-state index contributed by atoms with van der Waals surface area (Å²) in [6.45, 7) is 16.4. The molecule has 2 aromatic rings. The number of aryl methyl sites for hydroxylation is 1. The van der Waals surface area contributed by atoms with Gasteiger partial charge in [-0.05, 0) is 54.5 Å². The van der Waals surface area contributed by atoms with Gasteiger partial charge >= 0.3 is 0 Å². The zero-order chi connectivity index (χ0) is 31.3. The summed E-state index contributed by atoms with van der Waals surface area (Å²) < 4.78 is 6.28. The van der Waals surface area contributed by atoms with Gasteiger partial charge in [0.2, 0.25) is 5.91 Å². The van der Waals surface area contributed by atoms with Crippen molar-refractivity contribution in [1.29, 1.82) is 0 Å². The van der Waals surface area contributed by atoms with Crippen LogP contribution in [-0.4, -0.2) is 34.5 Å². The molecule has 1 amide bonds. The van der Waals surface area contributed by atoms with E-state index in [0.29, 0.717) is 13.0 Å². The van der Waals surface area contributed by atoms with Gasteiger partial charge in [-0.25, -0.2) is 0 Å². The SMILES string of the molecule is C=C/C(=C\C1=C(C)N(C(=O)Cc2ccccc2)CC(CC)O1)c1ccc(CCCCC)cc1.CC(=O)O.CCCCC. The molecular formula is C37H53NO4. The van der Waals surface area contributed by atoms with Crippen LogP contribution < -0.4 is 0 Å². The topological polar surface area (TPSA) is 66.8 Å². The standard InChI is InChI=1S/C30H37NO2.C5H12.C2H4O2/c1-5-8-10-13-24-16-18-27(19-17-24)26(6-2)21-29-23(4)31(22-28(7-3)33-29)30(32)20-25-14-11-9-12-15-25;1-3-5-4-2;1-2(3)4/h6,9,11-12,14-19,21,28H,2,5,7-8,10,13,20,22H2,1,3-4H3;3-5H2,1-2H3;1H3,(H,3,4)/b26-21+;;. The normalized spacial score (nSPS) is 14.6. The van der Waals surface area contributed by atoms with E-state index in [1.54, 1.807) is 0 Å². The Morgan fingerprint density at radius 2 is 1.52 bits per heavy atom. The molecule has 5 heteroatoms. The molecule has 0 saturated heterocycles. The Bertz CT molecular complexity index is 1130. The van der Waals surface area contributed by atoms with E-state index in [9.17, 15) is 4.79 Å². The summed E-state index contributed by atoms with van der Waals surface area (Å²) in [7, 11) is 0. The molecule has 0 radical (unpaired) electrons. The van der Waals surface area contributed by atoms with Crippen molar-refractivity contribution in [2.24, 2.45) is 0 Å². The van der Waals surface area contributed by atoms with Gasteiger partial charge in [-0.15, -0.1) is 0 Å². The quantitative estimate of drug-likeness (QED) is 0.202. The summed E-state index contributed by atoms with van der Waals surface area (Å²) in [5.41, 5.74) is 5.35. The second-order valence-corrected chi connectivity index (χ2v) is 10.6. The summed E-state index contributed by atoms with van der Waals surface area (Å²) in [5.74, 6) is 0.0133. The number of carbonyl (C=O) groups is 2. The monoisotopic (exact) mass is 575 g/mol. The van der Waals surface area contributed by atoms with Gasteiger partial charge in [-0.2, -0.15) is 0 Å². The number of rotatable bonds is 12. The second kappa shape index (κ2) is 21.2. The highest BCUT2D eigenvalue weighted by molar-refractivity contribution is 5.81. The number of ether oxygens (including phenoxy) is 1. The molecule has 1 aliphatic heterocycles. The molecule has 42 heavy (non-hydrogen) atoms. The van der Waals surface area contributed by atoms with Crippen LogP contribution in [0.1, 0.15) is 103 Å². The number of carboxylic acid groups (broad SMARTS) is 1. The third kappa shape index (κ3) is 13.8. The van der Waals surface area contributed by atoms with E-state index in [4.69, 9.17) is 14.6 Å². The van der Waals surface area contributed by atoms with Crippen molar-refractivity contribution in [1.82, 2.24) is 4.90 Å². The lowest BCUT2D eigenvalue weighted by atomic mass is 10.00.